The highest BCUT2D eigenvalue weighted by Crippen LogP contribution is 2.59. The molecule has 4 aliphatic carbocycles. The first-order valence-corrected chi connectivity index (χ1v) is 8.07. The van der Waals surface area contributed by atoms with Crippen LogP contribution in [0.4, 0.5) is 0 Å². The number of hydrogen-bond acceptors (Lipinski definition) is 2. The molecule has 3 nitrogen and oxygen atoms in total. The molecule has 104 valence electrons. The number of nitrogens with one attached hydrogen (secondary N) is 1. The number of rotatable bonds is 4. The molecule has 1 heterocycles. The molecule has 19 heavy (non-hydrogen) atoms. The van der Waals surface area contributed by atoms with Crippen molar-refractivity contribution in [3.63, 3.8) is 0 Å². The lowest BCUT2D eigenvalue weighted by Crippen LogP contribution is -2.43. The molecule has 0 aliphatic heterocycles. The molecule has 0 radical (unpaired) electrons. The fraction of sp³-hybridized carbons (Fsp3) is 0.812. The van der Waals surface area contributed by atoms with Gasteiger partial charge in [0.25, 0.3) is 0 Å². The Balaban J connectivity index is 1.54. The van der Waals surface area contributed by atoms with E-state index in [0.717, 1.165) is 49.0 Å². The first-order valence-electron chi connectivity index (χ1n) is 8.07. The van der Waals surface area contributed by atoms with Crippen molar-refractivity contribution >= 4 is 0 Å². The van der Waals surface area contributed by atoms with Crippen molar-refractivity contribution in [1.29, 1.82) is 0 Å². The fourth-order valence-electron chi connectivity index (χ4n) is 5.38. The molecular weight excluding hydrogens is 234 g/mol. The van der Waals surface area contributed by atoms with Crippen LogP contribution < -0.4 is 5.73 Å². The summed E-state index contributed by atoms with van der Waals surface area (Å²) in [7, 11) is 0. The molecule has 0 saturated heterocycles. The normalized spacial score (nSPS) is 39.9. The second-order valence-corrected chi connectivity index (χ2v) is 7.17. The van der Waals surface area contributed by atoms with Crippen LogP contribution in [0.2, 0.25) is 0 Å². The van der Waals surface area contributed by atoms with Crippen LogP contribution in [0.3, 0.4) is 0 Å². The van der Waals surface area contributed by atoms with E-state index in [-0.39, 0.29) is 0 Å². The summed E-state index contributed by atoms with van der Waals surface area (Å²) in [4.78, 5) is 0. The minimum atomic E-state index is 0.760. The van der Waals surface area contributed by atoms with Gasteiger partial charge in [0.1, 0.15) is 0 Å². The van der Waals surface area contributed by atoms with Crippen LogP contribution in [0, 0.1) is 23.7 Å². The topological polar surface area (TPSA) is 54.7 Å². The minimum absolute atomic E-state index is 0.760. The summed E-state index contributed by atoms with van der Waals surface area (Å²) in [5, 5.41) is 7.89. The molecule has 0 unspecified atom stereocenters. The van der Waals surface area contributed by atoms with Gasteiger partial charge in [-0.25, -0.2) is 0 Å². The van der Waals surface area contributed by atoms with Gasteiger partial charge in [0, 0.05) is 11.6 Å². The molecule has 0 atom stereocenters. The van der Waals surface area contributed by atoms with Gasteiger partial charge < -0.3 is 5.73 Å². The van der Waals surface area contributed by atoms with Gasteiger partial charge in [-0.2, -0.15) is 5.10 Å². The predicted octanol–water partition coefficient (Wildman–Crippen LogP) is 2.84. The van der Waals surface area contributed by atoms with Crippen molar-refractivity contribution in [2.45, 2.75) is 50.9 Å². The maximum Gasteiger partial charge on any atom is 0.0661 e. The first-order chi connectivity index (χ1) is 9.33. The molecular formula is C16H25N3. The second kappa shape index (κ2) is 4.62. The summed E-state index contributed by atoms with van der Waals surface area (Å²) in [6.07, 6.45) is 9.54. The van der Waals surface area contributed by atoms with Gasteiger partial charge in [0.15, 0.2) is 0 Å². The number of aromatic nitrogens is 2. The van der Waals surface area contributed by atoms with Crippen molar-refractivity contribution < 1.29 is 0 Å². The monoisotopic (exact) mass is 259 g/mol. The lowest BCUT2D eigenvalue weighted by molar-refractivity contribution is -0.00416. The molecule has 0 aromatic carbocycles. The fourth-order valence-corrected chi connectivity index (χ4v) is 5.38. The molecule has 4 aliphatic rings. The smallest absolute Gasteiger partial charge is 0.0661 e. The zero-order chi connectivity index (χ0) is 12.8. The highest BCUT2D eigenvalue weighted by atomic mass is 15.1. The van der Waals surface area contributed by atoms with Crippen molar-refractivity contribution in [1.82, 2.24) is 10.2 Å². The van der Waals surface area contributed by atoms with Crippen molar-refractivity contribution in [3.8, 4) is 0 Å². The van der Waals surface area contributed by atoms with Gasteiger partial charge in [0.05, 0.1) is 5.69 Å². The summed E-state index contributed by atoms with van der Waals surface area (Å²) in [6.45, 7) is 0.770. The molecule has 4 fully saturated rings. The third kappa shape index (κ3) is 2.03. The Kier molecular flexibility index (Phi) is 2.91. The summed E-state index contributed by atoms with van der Waals surface area (Å²) in [6, 6.07) is 2.34. The lowest BCUT2D eigenvalue weighted by atomic mass is 9.51. The van der Waals surface area contributed by atoms with Gasteiger partial charge in [-0.3, -0.25) is 5.10 Å². The van der Waals surface area contributed by atoms with Crippen molar-refractivity contribution in [2.75, 3.05) is 6.54 Å². The summed E-state index contributed by atoms with van der Waals surface area (Å²) >= 11 is 0. The van der Waals surface area contributed by atoms with E-state index in [4.69, 9.17) is 5.73 Å². The molecule has 4 bridgehead atoms. The van der Waals surface area contributed by atoms with Crippen LogP contribution in [0.25, 0.3) is 0 Å². The Hall–Kier alpha value is -0.830. The summed E-state index contributed by atoms with van der Waals surface area (Å²) < 4.78 is 0. The van der Waals surface area contributed by atoms with Gasteiger partial charge in [-0.1, -0.05) is 0 Å². The van der Waals surface area contributed by atoms with Crippen LogP contribution >= 0.6 is 0 Å². The molecule has 0 spiro atoms. The quantitative estimate of drug-likeness (QED) is 0.873. The van der Waals surface area contributed by atoms with Crippen LogP contribution in [0.1, 0.15) is 55.8 Å². The average Bonchev–Trinajstić information content (AvgIpc) is 2.83. The Morgan fingerprint density at radius 3 is 2.42 bits per heavy atom. The van der Waals surface area contributed by atoms with Gasteiger partial charge in [-0.15, -0.1) is 0 Å². The first kappa shape index (κ1) is 12.0. The van der Waals surface area contributed by atoms with Crippen LogP contribution in [0.5, 0.6) is 0 Å². The largest absolute Gasteiger partial charge is 0.330 e. The third-order valence-corrected chi connectivity index (χ3v) is 5.87. The Morgan fingerprint density at radius 1 is 1.11 bits per heavy atom. The summed E-state index contributed by atoms with van der Waals surface area (Å²) in [5.41, 5.74) is 8.23. The van der Waals surface area contributed by atoms with Crippen LogP contribution in [-0.4, -0.2) is 16.7 Å². The van der Waals surface area contributed by atoms with E-state index in [1.165, 1.54) is 43.5 Å². The Morgan fingerprint density at radius 2 is 1.79 bits per heavy atom. The van der Waals surface area contributed by atoms with Gasteiger partial charge in [0.2, 0.25) is 0 Å². The van der Waals surface area contributed by atoms with E-state index in [9.17, 15) is 0 Å². The third-order valence-electron chi connectivity index (χ3n) is 5.87. The SMILES string of the molecule is NCCCc1cc(C2C3CC4CC(C3)CC2C4)n[nH]1. The zero-order valence-corrected chi connectivity index (χ0v) is 11.6. The molecule has 4 saturated carbocycles. The van der Waals surface area contributed by atoms with E-state index in [0.29, 0.717) is 0 Å². The van der Waals surface area contributed by atoms with Crippen LogP contribution in [0.15, 0.2) is 6.07 Å². The maximum absolute atomic E-state index is 5.59. The summed E-state index contributed by atoms with van der Waals surface area (Å²) in [5.74, 6) is 4.73. The standard InChI is InChI=1S/C16H25N3/c17-3-1-2-14-9-15(19-18-14)16-12-5-10-4-11(7-12)8-13(16)6-10/h9-13,16H,1-8,17H2,(H,18,19). The van der Waals surface area contributed by atoms with Gasteiger partial charge in [-0.05, 0) is 81.2 Å². The maximum atomic E-state index is 5.59. The number of nitrogens with zero attached hydrogens (tertiary/aromatic N) is 1. The van der Waals surface area contributed by atoms with Crippen molar-refractivity contribution in [3.05, 3.63) is 17.5 Å². The highest BCUT2D eigenvalue weighted by molar-refractivity contribution is 5.19. The molecule has 1 aromatic heterocycles. The molecule has 1 aromatic rings. The Bertz CT molecular complexity index is 423. The molecule has 3 N–H and O–H groups in total. The van der Waals surface area contributed by atoms with E-state index < -0.39 is 0 Å². The number of H-pyrrole nitrogens is 1. The predicted molar refractivity (Wildman–Crippen MR) is 75.7 cm³/mol. The number of aryl methyl sites for hydroxylation is 1. The second-order valence-electron chi connectivity index (χ2n) is 7.17. The number of nitrogens with two attached hydrogens (primary N) is 1. The minimum Gasteiger partial charge on any atom is -0.330 e. The van der Waals surface area contributed by atoms with Crippen molar-refractivity contribution in [2.24, 2.45) is 29.4 Å². The molecule has 3 heteroatoms. The van der Waals surface area contributed by atoms with E-state index in [1.807, 2.05) is 0 Å². The number of aromatic amines is 1. The van der Waals surface area contributed by atoms with E-state index in [2.05, 4.69) is 16.3 Å². The average molecular weight is 259 g/mol. The molecule has 0 amide bonds. The highest BCUT2D eigenvalue weighted by Gasteiger charge is 2.49. The molecule has 5 rings (SSSR count). The van der Waals surface area contributed by atoms with E-state index in [1.54, 1.807) is 0 Å². The zero-order valence-electron chi connectivity index (χ0n) is 11.6. The van der Waals surface area contributed by atoms with E-state index >= 15 is 0 Å². The Labute approximate surface area is 115 Å². The lowest BCUT2D eigenvalue weighted by Gasteiger charge is -2.54. The van der Waals surface area contributed by atoms with Crippen LogP contribution in [-0.2, 0) is 6.42 Å². The number of hydrogen-bond donors (Lipinski definition) is 2. The van der Waals surface area contributed by atoms with Gasteiger partial charge >= 0.3 is 0 Å².